The van der Waals surface area contributed by atoms with Gasteiger partial charge in [-0.1, -0.05) is 12.1 Å². The monoisotopic (exact) mass is 194 g/mol. The number of benzene rings is 1. The molecule has 4 N–H and O–H groups in total. The number of nitrogen functional groups attached to an aromatic ring is 1. The van der Waals surface area contributed by atoms with E-state index >= 15 is 0 Å². The number of rotatable bonds is 4. The normalized spacial score (nSPS) is 9.86. The third kappa shape index (κ3) is 2.03. The number of hydrogen-bond acceptors (Lipinski definition) is 3. The molecule has 0 atom stereocenters. The number of hydrogen-bond donors (Lipinski definition) is 3. The lowest BCUT2D eigenvalue weighted by atomic mass is 10.1. The summed E-state index contributed by atoms with van der Waals surface area (Å²) in [5, 5.41) is 16.4. The summed E-state index contributed by atoms with van der Waals surface area (Å²) >= 11 is 0. The van der Waals surface area contributed by atoms with Gasteiger partial charge in [0.1, 0.15) is 11.6 Å². The molecule has 0 saturated carbocycles. The van der Waals surface area contributed by atoms with Crippen LogP contribution in [-0.4, -0.2) is 17.5 Å². The predicted octanol–water partition coefficient (Wildman–Crippen LogP) is 0.862. The Morgan fingerprint density at radius 1 is 1.57 bits per heavy atom. The van der Waals surface area contributed by atoms with E-state index in [1.807, 2.05) is 6.92 Å². The lowest BCUT2D eigenvalue weighted by Gasteiger charge is -2.11. The van der Waals surface area contributed by atoms with Gasteiger partial charge in [0.15, 0.2) is 0 Å². The molecule has 0 unspecified atom stereocenters. The molecule has 1 aromatic rings. The molecular formula is C10H14N2O2. The molecule has 0 saturated heterocycles. The predicted molar refractivity (Wildman–Crippen MR) is 54.5 cm³/mol. The van der Waals surface area contributed by atoms with Gasteiger partial charge >= 0.3 is 0 Å². The third-order valence-corrected chi connectivity index (χ3v) is 1.85. The summed E-state index contributed by atoms with van der Waals surface area (Å²) in [4.78, 5) is 0. The Bertz CT molecular complexity index is 337. The van der Waals surface area contributed by atoms with Crippen molar-refractivity contribution in [2.45, 2.75) is 13.5 Å². The van der Waals surface area contributed by atoms with Crippen molar-refractivity contribution in [2.24, 2.45) is 5.73 Å². The smallest absolute Gasteiger partial charge is 0.130 e. The van der Waals surface area contributed by atoms with Crippen LogP contribution in [0.4, 0.5) is 0 Å². The minimum Gasteiger partial charge on any atom is -0.493 e. The Labute approximate surface area is 82.8 Å². The standard InChI is InChI=1S/C10H14N2O2/c1-2-14-8-5-3-4-7(6-13)9(8)10(11)12/h3-5,13H,2,6H2,1H3,(H3,11,12). The molecule has 0 heterocycles. The van der Waals surface area contributed by atoms with E-state index in [2.05, 4.69) is 0 Å². The fraction of sp³-hybridized carbons (Fsp3) is 0.300. The molecule has 0 fully saturated rings. The average Bonchev–Trinajstić information content (AvgIpc) is 2.17. The topological polar surface area (TPSA) is 79.3 Å². The summed E-state index contributed by atoms with van der Waals surface area (Å²) in [6.45, 7) is 2.22. The zero-order valence-corrected chi connectivity index (χ0v) is 8.08. The first kappa shape index (κ1) is 10.5. The lowest BCUT2D eigenvalue weighted by Crippen LogP contribution is -2.16. The minimum absolute atomic E-state index is 0.0851. The summed E-state index contributed by atoms with van der Waals surface area (Å²) in [6.07, 6.45) is 0. The van der Waals surface area contributed by atoms with E-state index in [0.717, 1.165) is 0 Å². The number of aliphatic hydroxyl groups excluding tert-OH is 1. The van der Waals surface area contributed by atoms with Gasteiger partial charge in [-0.2, -0.15) is 0 Å². The first-order valence-electron chi connectivity index (χ1n) is 4.40. The van der Waals surface area contributed by atoms with Crippen molar-refractivity contribution in [3.05, 3.63) is 29.3 Å². The van der Waals surface area contributed by atoms with Crippen LogP contribution in [0.3, 0.4) is 0 Å². The Hall–Kier alpha value is -1.55. The highest BCUT2D eigenvalue weighted by Gasteiger charge is 2.10. The van der Waals surface area contributed by atoms with Crippen LogP contribution in [0.1, 0.15) is 18.1 Å². The number of amidine groups is 1. The first-order valence-corrected chi connectivity index (χ1v) is 4.40. The van der Waals surface area contributed by atoms with Crippen LogP contribution in [0.25, 0.3) is 0 Å². The van der Waals surface area contributed by atoms with Crippen LogP contribution < -0.4 is 10.5 Å². The van der Waals surface area contributed by atoms with Crippen molar-refractivity contribution >= 4 is 5.84 Å². The summed E-state index contributed by atoms with van der Waals surface area (Å²) < 4.78 is 5.31. The van der Waals surface area contributed by atoms with Gasteiger partial charge in [0.2, 0.25) is 0 Å². The molecule has 0 radical (unpaired) electrons. The molecule has 76 valence electrons. The highest BCUT2D eigenvalue weighted by Crippen LogP contribution is 2.21. The summed E-state index contributed by atoms with van der Waals surface area (Å²) in [6, 6.07) is 5.22. The maximum absolute atomic E-state index is 9.05. The van der Waals surface area contributed by atoms with E-state index in [-0.39, 0.29) is 12.4 Å². The SMILES string of the molecule is CCOc1cccc(CO)c1C(=N)N. The maximum Gasteiger partial charge on any atom is 0.130 e. The van der Waals surface area contributed by atoms with E-state index in [9.17, 15) is 0 Å². The number of nitrogens with two attached hydrogens (primary N) is 1. The maximum atomic E-state index is 9.05. The molecular weight excluding hydrogens is 180 g/mol. The highest BCUT2D eigenvalue weighted by atomic mass is 16.5. The Morgan fingerprint density at radius 2 is 2.29 bits per heavy atom. The van der Waals surface area contributed by atoms with Gasteiger partial charge in [-0.25, -0.2) is 0 Å². The molecule has 0 amide bonds. The van der Waals surface area contributed by atoms with Crippen LogP contribution in [0.15, 0.2) is 18.2 Å². The number of nitrogens with one attached hydrogen (secondary N) is 1. The number of aliphatic hydroxyl groups is 1. The van der Waals surface area contributed by atoms with Gasteiger partial charge in [-0.15, -0.1) is 0 Å². The average molecular weight is 194 g/mol. The fourth-order valence-electron chi connectivity index (χ4n) is 1.29. The van der Waals surface area contributed by atoms with E-state index < -0.39 is 0 Å². The van der Waals surface area contributed by atoms with Crippen LogP contribution in [-0.2, 0) is 6.61 Å². The van der Waals surface area contributed by atoms with Gasteiger partial charge in [-0.05, 0) is 18.6 Å². The first-order chi connectivity index (χ1) is 6.70. The summed E-state index contributed by atoms with van der Waals surface area (Å²) in [5.41, 5.74) is 6.51. The van der Waals surface area contributed by atoms with Crippen molar-refractivity contribution < 1.29 is 9.84 Å². The Morgan fingerprint density at radius 3 is 2.79 bits per heavy atom. The van der Waals surface area contributed by atoms with Crippen LogP contribution in [0.5, 0.6) is 5.75 Å². The van der Waals surface area contributed by atoms with E-state index in [4.69, 9.17) is 21.0 Å². The zero-order chi connectivity index (χ0) is 10.6. The van der Waals surface area contributed by atoms with Gasteiger partial charge in [0.05, 0.1) is 18.8 Å². The zero-order valence-electron chi connectivity index (χ0n) is 8.08. The van der Waals surface area contributed by atoms with Crippen molar-refractivity contribution in [3.63, 3.8) is 0 Å². The molecule has 14 heavy (non-hydrogen) atoms. The van der Waals surface area contributed by atoms with Gasteiger partial charge in [-0.3, -0.25) is 5.41 Å². The van der Waals surface area contributed by atoms with Crippen molar-refractivity contribution in [1.82, 2.24) is 0 Å². The van der Waals surface area contributed by atoms with Gasteiger partial charge in [0.25, 0.3) is 0 Å². The van der Waals surface area contributed by atoms with Crippen LogP contribution in [0, 0.1) is 5.41 Å². The molecule has 0 aliphatic rings. The minimum atomic E-state index is -0.143. The molecule has 0 aliphatic carbocycles. The second-order valence-electron chi connectivity index (χ2n) is 2.80. The summed E-state index contributed by atoms with van der Waals surface area (Å²) in [5.74, 6) is 0.463. The molecule has 4 heteroatoms. The Balaban J connectivity index is 3.20. The second-order valence-corrected chi connectivity index (χ2v) is 2.80. The third-order valence-electron chi connectivity index (χ3n) is 1.85. The van der Waals surface area contributed by atoms with E-state index in [1.54, 1.807) is 18.2 Å². The van der Waals surface area contributed by atoms with Crippen LogP contribution in [0.2, 0.25) is 0 Å². The molecule has 0 aliphatic heterocycles. The summed E-state index contributed by atoms with van der Waals surface area (Å²) in [7, 11) is 0. The molecule has 0 aromatic heterocycles. The second kappa shape index (κ2) is 4.62. The molecule has 0 bridgehead atoms. The lowest BCUT2D eigenvalue weighted by molar-refractivity contribution is 0.279. The van der Waals surface area contributed by atoms with Gasteiger partial charge < -0.3 is 15.6 Å². The van der Waals surface area contributed by atoms with Crippen molar-refractivity contribution in [1.29, 1.82) is 5.41 Å². The molecule has 1 aromatic carbocycles. The van der Waals surface area contributed by atoms with Crippen molar-refractivity contribution in [2.75, 3.05) is 6.61 Å². The molecule has 0 spiro atoms. The fourth-order valence-corrected chi connectivity index (χ4v) is 1.29. The largest absolute Gasteiger partial charge is 0.493 e. The van der Waals surface area contributed by atoms with Crippen LogP contribution >= 0.6 is 0 Å². The van der Waals surface area contributed by atoms with E-state index in [1.165, 1.54) is 0 Å². The quantitative estimate of drug-likeness (QED) is 0.491. The van der Waals surface area contributed by atoms with Gasteiger partial charge in [0, 0.05) is 0 Å². The van der Waals surface area contributed by atoms with E-state index in [0.29, 0.717) is 23.5 Å². The molecule has 4 nitrogen and oxygen atoms in total. The highest BCUT2D eigenvalue weighted by molar-refractivity contribution is 5.99. The van der Waals surface area contributed by atoms with Crippen molar-refractivity contribution in [3.8, 4) is 5.75 Å². The Kier molecular flexibility index (Phi) is 3.48. The number of ether oxygens (including phenoxy) is 1. The molecule has 1 rings (SSSR count).